The molecule has 0 saturated heterocycles. The lowest BCUT2D eigenvalue weighted by Gasteiger charge is -2.30. The van der Waals surface area contributed by atoms with Crippen LogP contribution in [0.15, 0.2) is 85.5 Å². The average molecular weight is 631 g/mol. The van der Waals surface area contributed by atoms with Crippen LogP contribution >= 0.6 is 0 Å². The van der Waals surface area contributed by atoms with Crippen molar-refractivity contribution in [1.82, 2.24) is 0 Å². The van der Waals surface area contributed by atoms with Gasteiger partial charge in [0.25, 0.3) is 0 Å². The average Bonchev–Trinajstić information content (AvgIpc) is 3.09. The molecule has 1 aliphatic carbocycles. The van der Waals surface area contributed by atoms with Crippen molar-refractivity contribution in [2.75, 3.05) is 13.2 Å². The lowest BCUT2D eigenvalue weighted by Crippen LogP contribution is -2.43. The third-order valence-corrected chi connectivity index (χ3v) is 8.10. The lowest BCUT2D eigenvalue weighted by atomic mass is 9.89. The van der Waals surface area contributed by atoms with Crippen molar-refractivity contribution in [1.29, 1.82) is 0 Å². The zero-order valence-electron chi connectivity index (χ0n) is 27.5. The molecule has 7 heteroatoms. The molecule has 0 radical (unpaired) electrons. The van der Waals surface area contributed by atoms with E-state index < -0.39 is 17.5 Å². The van der Waals surface area contributed by atoms with E-state index in [2.05, 4.69) is 6.58 Å². The molecule has 0 aromatic heterocycles. The van der Waals surface area contributed by atoms with Gasteiger partial charge in [-0.25, -0.2) is 14.4 Å². The summed E-state index contributed by atoms with van der Waals surface area (Å²) in [5.74, 6) is -0.896. The highest BCUT2D eigenvalue weighted by Gasteiger charge is 2.40. The molecule has 3 rings (SSSR count). The molecule has 0 aliphatic heterocycles. The Hall–Kier alpha value is -3.97. The van der Waals surface area contributed by atoms with E-state index in [-0.39, 0.29) is 12.1 Å². The Morgan fingerprint density at radius 2 is 1.46 bits per heavy atom. The van der Waals surface area contributed by atoms with Gasteiger partial charge in [0.05, 0.1) is 18.3 Å². The maximum Gasteiger partial charge on any atom is 0.348 e. The summed E-state index contributed by atoms with van der Waals surface area (Å²) in [5.41, 5.74) is 1.29. The van der Waals surface area contributed by atoms with E-state index in [1.807, 2.05) is 62.4 Å². The molecule has 0 spiro atoms. The maximum atomic E-state index is 13.6. The summed E-state index contributed by atoms with van der Waals surface area (Å²) in [6.45, 7) is 8.12. The van der Waals surface area contributed by atoms with E-state index in [0.29, 0.717) is 30.9 Å². The van der Waals surface area contributed by atoms with Gasteiger partial charge in [-0.3, -0.25) is 0 Å². The second-order valence-electron chi connectivity index (χ2n) is 11.7. The highest BCUT2D eigenvalue weighted by Crippen LogP contribution is 2.32. The topological polar surface area (TPSA) is 88.1 Å². The highest BCUT2D eigenvalue weighted by molar-refractivity contribution is 5.90. The first-order valence-electron chi connectivity index (χ1n) is 16.8. The smallest absolute Gasteiger partial charge is 0.348 e. The van der Waals surface area contributed by atoms with E-state index in [1.54, 1.807) is 24.3 Å². The first-order chi connectivity index (χ1) is 22.4. The van der Waals surface area contributed by atoms with Gasteiger partial charge in [0.2, 0.25) is 0 Å². The lowest BCUT2D eigenvalue weighted by molar-refractivity contribution is -0.156. The minimum Gasteiger partial charge on any atom is -0.463 e. The molecule has 0 amide bonds. The van der Waals surface area contributed by atoms with Gasteiger partial charge < -0.3 is 18.9 Å². The summed E-state index contributed by atoms with van der Waals surface area (Å²) < 4.78 is 22.5. The minimum atomic E-state index is -1.23. The molecule has 46 heavy (non-hydrogen) atoms. The minimum absolute atomic E-state index is 0.168. The predicted octanol–water partition coefficient (Wildman–Crippen LogP) is 8.98. The van der Waals surface area contributed by atoms with Crippen molar-refractivity contribution >= 4 is 23.5 Å². The molecule has 0 saturated carbocycles. The number of ether oxygens (including phenoxy) is 4. The second kappa shape index (κ2) is 20.2. The fourth-order valence-corrected chi connectivity index (χ4v) is 5.07. The molecule has 2 aromatic rings. The number of carbonyl (C=O) groups excluding carboxylic acids is 3. The van der Waals surface area contributed by atoms with Crippen LogP contribution < -0.4 is 4.74 Å². The number of allylic oxidation sites excluding steroid dienone is 2. The summed E-state index contributed by atoms with van der Waals surface area (Å²) in [7, 11) is 0. The van der Waals surface area contributed by atoms with Crippen molar-refractivity contribution in [3.05, 3.63) is 96.6 Å². The van der Waals surface area contributed by atoms with E-state index in [0.717, 1.165) is 56.1 Å². The van der Waals surface area contributed by atoms with Crippen molar-refractivity contribution < 1.29 is 33.3 Å². The van der Waals surface area contributed by atoms with Gasteiger partial charge in [-0.05, 0) is 67.7 Å². The number of hydrogen-bond donors (Lipinski definition) is 0. The molecular weight excluding hydrogens is 580 g/mol. The third-order valence-electron chi connectivity index (χ3n) is 8.10. The molecule has 0 heterocycles. The van der Waals surface area contributed by atoms with Gasteiger partial charge in [-0.2, -0.15) is 0 Å². The Kier molecular flexibility index (Phi) is 16.0. The van der Waals surface area contributed by atoms with Crippen LogP contribution in [0.25, 0.3) is 5.57 Å². The van der Waals surface area contributed by atoms with E-state index in [1.165, 1.54) is 31.8 Å². The Labute approximate surface area is 274 Å². The molecule has 2 aromatic carbocycles. The Morgan fingerprint density at radius 1 is 0.848 bits per heavy atom. The summed E-state index contributed by atoms with van der Waals surface area (Å²) in [6, 6.07) is 16.5. The summed E-state index contributed by atoms with van der Waals surface area (Å²) in [4.78, 5) is 37.0. The van der Waals surface area contributed by atoms with Crippen molar-refractivity contribution in [3.8, 4) is 5.75 Å². The Balaban J connectivity index is 1.45. The fraction of sp³-hybridized carbons (Fsp3) is 0.462. The number of unbranched alkanes of at least 4 members (excludes halogenated alkanes) is 9. The molecule has 1 aliphatic rings. The van der Waals surface area contributed by atoms with Crippen molar-refractivity contribution in [2.45, 2.75) is 103 Å². The Bertz CT molecular complexity index is 1300. The van der Waals surface area contributed by atoms with Gasteiger partial charge in [0, 0.05) is 19.1 Å². The number of esters is 3. The van der Waals surface area contributed by atoms with Crippen LogP contribution in [-0.4, -0.2) is 42.8 Å². The highest BCUT2D eigenvalue weighted by atomic mass is 16.6. The first kappa shape index (κ1) is 36.5. The second-order valence-corrected chi connectivity index (χ2v) is 11.7. The molecule has 0 fully saturated rings. The van der Waals surface area contributed by atoms with Gasteiger partial charge in [0.15, 0.2) is 5.60 Å². The molecule has 7 nitrogen and oxygen atoms in total. The van der Waals surface area contributed by atoms with Crippen LogP contribution in [-0.2, 0) is 23.8 Å². The zero-order valence-corrected chi connectivity index (χ0v) is 27.5. The van der Waals surface area contributed by atoms with Crippen LogP contribution in [0.4, 0.5) is 0 Å². The predicted molar refractivity (Wildman–Crippen MR) is 181 cm³/mol. The molecule has 2 atom stereocenters. The van der Waals surface area contributed by atoms with Crippen molar-refractivity contribution in [3.63, 3.8) is 0 Å². The van der Waals surface area contributed by atoms with Crippen LogP contribution in [0, 0.1) is 0 Å². The van der Waals surface area contributed by atoms with E-state index in [9.17, 15) is 14.4 Å². The number of hydrogen-bond acceptors (Lipinski definition) is 7. The molecule has 248 valence electrons. The summed E-state index contributed by atoms with van der Waals surface area (Å²) in [6.07, 6.45) is 18.8. The quantitative estimate of drug-likeness (QED) is 0.0589. The van der Waals surface area contributed by atoms with Crippen molar-refractivity contribution in [2.24, 2.45) is 0 Å². The molecule has 2 unspecified atom stereocenters. The summed E-state index contributed by atoms with van der Waals surface area (Å²) in [5, 5.41) is 0. The SMILES string of the molecule is C=CC(=O)OCCCCCCCCCCCCOC1(C(=O)Oc2ccc(C(=O)OC(C)CC)cc2)C=CC(c2ccccc2)=CC1. The van der Waals surface area contributed by atoms with E-state index >= 15 is 0 Å². The summed E-state index contributed by atoms with van der Waals surface area (Å²) >= 11 is 0. The first-order valence-corrected chi connectivity index (χ1v) is 16.8. The number of carbonyl (C=O) groups is 3. The van der Waals surface area contributed by atoms with Crippen LogP contribution in [0.1, 0.15) is 107 Å². The maximum absolute atomic E-state index is 13.6. The normalized spacial score (nSPS) is 16.3. The fourth-order valence-electron chi connectivity index (χ4n) is 5.07. The van der Waals surface area contributed by atoms with Gasteiger partial charge in [-0.15, -0.1) is 0 Å². The number of benzene rings is 2. The van der Waals surface area contributed by atoms with Gasteiger partial charge in [0.1, 0.15) is 5.75 Å². The third kappa shape index (κ3) is 12.4. The van der Waals surface area contributed by atoms with Gasteiger partial charge in [-0.1, -0.05) is 107 Å². The molecular formula is C39H50O7. The largest absolute Gasteiger partial charge is 0.463 e. The van der Waals surface area contributed by atoms with Crippen LogP contribution in [0.3, 0.4) is 0 Å². The monoisotopic (exact) mass is 630 g/mol. The molecule has 0 N–H and O–H groups in total. The standard InChI is InChI=1S/C39H50O7/c1-4-31(3)45-37(41)34-21-23-35(24-22-34)46-38(42)39(27-25-33(26-28-39)32-19-15-14-16-20-32)44-30-18-13-11-9-7-6-8-10-12-17-29-43-36(40)5-2/h5,14-16,19-27,31H,2,4,6-13,17-18,28-30H2,1,3H3. The molecule has 0 bridgehead atoms. The van der Waals surface area contributed by atoms with Crippen LogP contribution in [0.2, 0.25) is 0 Å². The zero-order chi connectivity index (χ0) is 33.0. The number of rotatable bonds is 21. The Morgan fingerprint density at radius 3 is 2.02 bits per heavy atom. The van der Waals surface area contributed by atoms with E-state index in [4.69, 9.17) is 18.9 Å². The van der Waals surface area contributed by atoms with Crippen LogP contribution in [0.5, 0.6) is 5.75 Å². The van der Waals surface area contributed by atoms with Gasteiger partial charge >= 0.3 is 17.9 Å².